The van der Waals surface area contributed by atoms with Gasteiger partial charge >= 0.3 is 0 Å². The number of amides is 1. The molecular weight excluding hydrogens is 230 g/mol. The molecule has 2 aromatic heterocycles. The number of carbonyl (C=O) groups excluding carboxylic acids is 1. The van der Waals surface area contributed by atoms with Gasteiger partial charge in [0.1, 0.15) is 0 Å². The molecule has 1 unspecified atom stereocenters. The summed E-state index contributed by atoms with van der Waals surface area (Å²) in [4.78, 5) is 23.7. The number of aromatic nitrogens is 3. The lowest BCUT2D eigenvalue weighted by Crippen LogP contribution is -2.28. The summed E-state index contributed by atoms with van der Waals surface area (Å²) in [6, 6.07) is 3.53. The molecule has 2 rings (SSSR count). The number of rotatable bonds is 3. The second kappa shape index (κ2) is 5.22. The molecule has 2 aromatic rings. The summed E-state index contributed by atoms with van der Waals surface area (Å²) in [6.07, 6.45) is 6.25. The van der Waals surface area contributed by atoms with E-state index < -0.39 is 0 Å². The number of pyridine rings is 1. The highest BCUT2D eigenvalue weighted by atomic mass is 16.2. The Morgan fingerprint density at radius 2 is 2.11 bits per heavy atom. The third kappa shape index (κ3) is 2.60. The summed E-state index contributed by atoms with van der Waals surface area (Å²) in [7, 11) is 0. The van der Waals surface area contributed by atoms with Gasteiger partial charge in [-0.15, -0.1) is 0 Å². The SMILES string of the molecule is CC(NC(=O)c1nccnc1N)c1cccnc1. The van der Waals surface area contributed by atoms with E-state index in [0.29, 0.717) is 0 Å². The zero-order valence-electron chi connectivity index (χ0n) is 9.87. The quantitative estimate of drug-likeness (QED) is 0.836. The normalized spacial score (nSPS) is 11.8. The summed E-state index contributed by atoms with van der Waals surface area (Å²) in [6.45, 7) is 1.86. The molecule has 6 nitrogen and oxygen atoms in total. The predicted molar refractivity (Wildman–Crippen MR) is 66.6 cm³/mol. The molecule has 0 spiro atoms. The van der Waals surface area contributed by atoms with Gasteiger partial charge < -0.3 is 11.1 Å². The first-order valence-electron chi connectivity index (χ1n) is 5.45. The Bertz CT molecular complexity index is 543. The van der Waals surface area contributed by atoms with Crippen LogP contribution in [0.3, 0.4) is 0 Å². The van der Waals surface area contributed by atoms with Crippen molar-refractivity contribution in [2.45, 2.75) is 13.0 Å². The number of carbonyl (C=O) groups is 1. The third-order valence-corrected chi connectivity index (χ3v) is 2.47. The average Bonchev–Trinajstić information content (AvgIpc) is 2.40. The van der Waals surface area contributed by atoms with Crippen molar-refractivity contribution in [3.63, 3.8) is 0 Å². The smallest absolute Gasteiger partial charge is 0.274 e. The van der Waals surface area contributed by atoms with Crippen molar-refractivity contribution >= 4 is 11.7 Å². The molecule has 18 heavy (non-hydrogen) atoms. The Morgan fingerprint density at radius 1 is 1.33 bits per heavy atom. The largest absolute Gasteiger partial charge is 0.382 e. The molecule has 6 heteroatoms. The molecule has 0 fully saturated rings. The van der Waals surface area contributed by atoms with E-state index in [1.807, 2.05) is 19.1 Å². The molecule has 3 N–H and O–H groups in total. The van der Waals surface area contributed by atoms with Gasteiger partial charge in [0.15, 0.2) is 11.5 Å². The Hall–Kier alpha value is -2.50. The monoisotopic (exact) mass is 243 g/mol. The van der Waals surface area contributed by atoms with Gasteiger partial charge in [0, 0.05) is 24.8 Å². The van der Waals surface area contributed by atoms with Crippen molar-refractivity contribution in [1.82, 2.24) is 20.3 Å². The van der Waals surface area contributed by atoms with Gasteiger partial charge in [-0.25, -0.2) is 9.97 Å². The van der Waals surface area contributed by atoms with Gasteiger partial charge in [0.05, 0.1) is 6.04 Å². The van der Waals surface area contributed by atoms with Gasteiger partial charge in [-0.3, -0.25) is 9.78 Å². The standard InChI is InChI=1S/C12H13N5O/c1-8(9-3-2-4-14-7-9)17-12(18)10-11(13)16-6-5-15-10/h2-8H,1H3,(H2,13,16)(H,17,18). The fourth-order valence-corrected chi connectivity index (χ4v) is 1.50. The first kappa shape index (κ1) is 12.0. The fourth-order valence-electron chi connectivity index (χ4n) is 1.50. The molecule has 0 aromatic carbocycles. The Morgan fingerprint density at radius 3 is 2.78 bits per heavy atom. The van der Waals surface area contributed by atoms with Crippen LogP contribution in [0.2, 0.25) is 0 Å². The maximum absolute atomic E-state index is 11.9. The lowest BCUT2D eigenvalue weighted by molar-refractivity contribution is 0.0935. The zero-order valence-corrected chi connectivity index (χ0v) is 9.87. The first-order chi connectivity index (χ1) is 8.68. The van der Waals surface area contributed by atoms with Crippen LogP contribution in [0, 0.1) is 0 Å². The van der Waals surface area contributed by atoms with E-state index in [-0.39, 0.29) is 23.5 Å². The van der Waals surface area contributed by atoms with Crippen LogP contribution in [0.5, 0.6) is 0 Å². The number of nitrogen functional groups attached to an aromatic ring is 1. The van der Waals surface area contributed by atoms with Gasteiger partial charge in [-0.05, 0) is 18.6 Å². The van der Waals surface area contributed by atoms with Crippen LogP contribution in [-0.4, -0.2) is 20.9 Å². The molecular formula is C12H13N5O. The molecule has 0 radical (unpaired) electrons. The third-order valence-electron chi connectivity index (χ3n) is 2.47. The number of anilines is 1. The van der Waals surface area contributed by atoms with E-state index in [9.17, 15) is 4.79 Å². The van der Waals surface area contributed by atoms with E-state index in [4.69, 9.17) is 5.73 Å². The van der Waals surface area contributed by atoms with Crippen LogP contribution in [-0.2, 0) is 0 Å². The number of nitrogens with one attached hydrogen (secondary N) is 1. The maximum atomic E-state index is 11.9. The lowest BCUT2D eigenvalue weighted by Gasteiger charge is -2.13. The van der Waals surface area contributed by atoms with Crippen LogP contribution in [0.4, 0.5) is 5.82 Å². The van der Waals surface area contributed by atoms with E-state index in [1.54, 1.807) is 12.4 Å². The van der Waals surface area contributed by atoms with Crippen molar-refractivity contribution in [2.75, 3.05) is 5.73 Å². The van der Waals surface area contributed by atoms with E-state index in [0.717, 1.165) is 5.56 Å². The van der Waals surface area contributed by atoms with E-state index >= 15 is 0 Å². The maximum Gasteiger partial charge on any atom is 0.274 e. The second-order valence-corrected chi connectivity index (χ2v) is 3.77. The Kier molecular flexibility index (Phi) is 3.47. The Balaban J connectivity index is 2.11. The van der Waals surface area contributed by atoms with Crippen LogP contribution in [0.1, 0.15) is 29.0 Å². The van der Waals surface area contributed by atoms with Gasteiger partial charge in [-0.2, -0.15) is 0 Å². The van der Waals surface area contributed by atoms with Crippen molar-refractivity contribution in [3.05, 3.63) is 48.2 Å². The molecule has 0 aliphatic heterocycles. The molecule has 0 aliphatic rings. The summed E-state index contributed by atoms with van der Waals surface area (Å²) in [5, 5.41) is 2.79. The van der Waals surface area contributed by atoms with Crippen molar-refractivity contribution in [3.8, 4) is 0 Å². The van der Waals surface area contributed by atoms with Gasteiger partial charge in [0.2, 0.25) is 0 Å². The minimum Gasteiger partial charge on any atom is -0.382 e. The highest BCUT2D eigenvalue weighted by Crippen LogP contribution is 2.11. The lowest BCUT2D eigenvalue weighted by atomic mass is 10.1. The molecule has 2 heterocycles. The second-order valence-electron chi connectivity index (χ2n) is 3.77. The molecule has 0 saturated carbocycles. The van der Waals surface area contributed by atoms with E-state index in [2.05, 4.69) is 20.3 Å². The highest BCUT2D eigenvalue weighted by Gasteiger charge is 2.15. The molecule has 0 saturated heterocycles. The molecule has 1 amide bonds. The summed E-state index contributed by atoms with van der Waals surface area (Å²) in [5.41, 5.74) is 6.63. The van der Waals surface area contributed by atoms with Crippen molar-refractivity contribution in [2.24, 2.45) is 0 Å². The fraction of sp³-hybridized carbons (Fsp3) is 0.167. The molecule has 92 valence electrons. The molecule has 1 atom stereocenters. The average molecular weight is 243 g/mol. The van der Waals surface area contributed by atoms with Gasteiger partial charge in [0.25, 0.3) is 5.91 Å². The van der Waals surface area contributed by atoms with Crippen LogP contribution in [0.15, 0.2) is 36.9 Å². The van der Waals surface area contributed by atoms with E-state index in [1.165, 1.54) is 12.4 Å². The van der Waals surface area contributed by atoms with Crippen molar-refractivity contribution in [1.29, 1.82) is 0 Å². The van der Waals surface area contributed by atoms with Gasteiger partial charge in [-0.1, -0.05) is 6.07 Å². The number of nitrogens with zero attached hydrogens (tertiary/aromatic N) is 3. The summed E-state index contributed by atoms with van der Waals surface area (Å²) < 4.78 is 0. The van der Waals surface area contributed by atoms with Crippen LogP contribution >= 0.6 is 0 Å². The van der Waals surface area contributed by atoms with Crippen molar-refractivity contribution < 1.29 is 4.79 Å². The first-order valence-corrected chi connectivity index (χ1v) is 5.45. The highest BCUT2D eigenvalue weighted by molar-refractivity contribution is 5.96. The van der Waals surface area contributed by atoms with Crippen LogP contribution < -0.4 is 11.1 Å². The zero-order chi connectivity index (χ0) is 13.0. The molecule has 0 aliphatic carbocycles. The number of nitrogens with two attached hydrogens (primary N) is 1. The molecule has 0 bridgehead atoms. The summed E-state index contributed by atoms with van der Waals surface area (Å²) >= 11 is 0. The predicted octanol–water partition coefficient (Wildman–Crippen LogP) is 0.945. The minimum absolute atomic E-state index is 0.119. The number of hydrogen-bond donors (Lipinski definition) is 2. The minimum atomic E-state index is -0.350. The summed E-state index contributed by atoms with van der Waals surface area (Å²) in [5.74, 6) is -0.231. The van der Waals surface area contributed by atoms with Crippen LogP contribution in [0.25, 0.3) is 0 Å². The Labute approximate surface area is 104 Å². The number of hydrogen-bond acceptors (Lipinski definition) is 5. The topological polar surface area (TPSA) is 93.8 Å².